The molecule has 132 valence electrons. The van der Waals surface area contributed by atoms with E-state index in [1.54, 1.807) is 0 Å². The lowest BCUT2D eigenvalue weighted by atomic mass is 9.21. The van der Waals surface area contributed by atoms with Crippen LogP contribution in [0.1, 0.15) is 47.0 Å². The van der Waals surface area contributed by atoms with Crippen LogP contribution in [0.4, 0.5) is 0 Å². The van der Waals surface area contributed by atoms with Crippen LogP contribution >= 0.6 is 0 Å². The standard InChI is InChI=1S/C20H28O4/c1-9-5-6-11-10(2)20-12-8-24-13(12)7-14(21)19(20,4)17(23)16(22)15(9)18(11,20)3/h10-14,16,21-22H,5-8H2,1-4H3/t10?,11-,12+,13+,14-,16+,18+,19-,20?/m0/s1. The monoisotopic (exact) mass is 332 g/mol. The Hall–Kier alpha value is -0.710. The lowest BCUT2D eigenvalue weighted by Gasteiger charge is -2.83. The van der Waals surface area contributed by atoms with Crippen LogP contribution in [0.5, 0.6) is 0 Å². The summed E-state index contributed by atoms with van der Waals surface area (Å²) in [6.07, 6.45) is 0.914. The summed E-state index contributed by atoms with van der Waals surface area (Å²) in [6.45, 7) is 9.27. The summed E-state index contributed by atoms with van der Waals surface area (Å²) in [5.41, 5.74) is 0.839. The van der Waals surface area contributed by atoms with Gasteiger partial charge < -0.3 is 14.9 Å². The molecule has 0 aromatic rings. The second-order valence-electron chi connectivity index (χ2n) is 9.40. The lowest BCUT2D eigenvalue weighted by Crippen LogP contribution is -2.86. The Morgan fingerprint density at radius 1 is 1.17 bits per heavy atom. The fraction of sp³-hybridized carbons (Fsp3) is 0.850. The van der Waals surface area contributed by atoms with Crippen molar-refractivity contribution in [1.29, 1.82) is 0 Å². The summed E-state index contributed by atoms with van der Waals surface area (Å²) in [5, 5.41) is 22.0. The van der Waals surface area contributed by atoms with E-state index in [4.69, 9.17) is 4.74 Å². The minimum absolute atomic E-state index is 0.0693. The number of hydrogen-bond donors (Lipinski definition) is 2. The summed E-state index contributed by atoms with van der Waals surface area (Å²) in [7, 11) is 0. The lowest BCUT2D eigenvalue weighted by molar-refractivity contribution is -0.372. The minimum atomic E-state index is -1.05. The van der Waals surface area contributed by atoms with E-state index in [-0.39, 0.29) is 22.7 Å². The molecule has 1 heterocycles. The van der Waals surface area contributed by atoms with Gasteiger partial charge in [-0.2, -0.15) is 0 Å². The smallest absolute Gasteiger partial charge is 0.174 e. The highest BCUT2D eigenvalue weighted by Gasteiger charge is 2.86. The number of allylic oxidation sites excluding steroid dienone is 1. The van der Waals surface area contributed by atoms with Gasteiger partial charge in [0.1, 0.15) is 6.10 Å². The van der Waals surface area contributed by atoms with E-state index in [2.05, 4.69) is 20.8 Å². The molecule has 0 bridgehead atoms. The van der Waals surface area contributed by atoms with E-state index in [0.29, 0.717) is 30.8 Å². The van der Waals surface area contributed by atoms with Gasteiger partial charge in [0.25, 0.3) is 0 Å². The molecular formula is C20H28O4. The zero-order valence-corrected chi connectivity index (χ0v) is 15.0. The molecule has 4 aliphatic carbocycles. The number of carbonyl (C=O) groups is 1. The minimum Gasteiger partial charge on any atom is -0.392 e. The van der Waals surface area contributed by atoms with Crippen LogP contribution in [0, 0.1) is 34.0 Å². The van der Waals surface area contributed by atoms with Gasteiger partial charge in [-0.05, 0) is 44.1 Å². The van der Waals surface area contributed by atoms with Crippen LogP contribution < -0.4 is 0 Å². The Morgan fingerprint density at radius 2 is 1.88 bits per heavy atom. The molecule has 9 atom stereocenters. The van der Waals surface area contributed by atoms with Gasteiger partial charge in [-0.1, -0.05) is 19.4 Å². The van der Waals surface area contributed by atoms with Crippen molar-refractivity contribution in [2.24, 2.45) is 34.0 Å². The summed E-state index contributed by atoms with van der Waals surface area (Å²) < 4.78 is 5.80. The quantitative estimate of drug-likeness (QED) is 0.667. The Bertz CT molecular complexity index is 683. The molecule has 0 amide bonds. The van der Waals surface area contributed by atoms with Crippen LogP contribution in [0.25, 0.3) is 0 Å². The third-order valence-corrected chi connectivity index (χ3v) is 9.31. The molecule has 0 radical (unpaired) electrons. The molecule has 1 saturated heterocycles. The second-order valence-corrected chi connectivity index (χ2v) is 9.40. The molecule has 2 unspecified atom stereocenters. The van der Waals surface area contributed by atoms with E-state index in [1.807, 2.05) is 6.92 Å². The summed E-state index contributed by atoms with van der Waals surface area (Å²) >= 11 is 0. The SMILES string of the molecule is CC1=C2[C@@H](O)C(=O)[C@]3(C)[C@@H](O)C[C@H]4OC[C@H]4C34C(C)[C@H](CC1)[C@]24C. The van der Waals surface area contributed by atoms with Crippen LogP contribution in [0.2, 0.25) is 0 Å². The van der Waals surface area contributed by atoms with Crippen molar-refractivity contribution < 1.29 is 19.7 Å². The number of ether oxygens (including phenoxy) is 1. The van der Waals surface area contributed by atoms with Gasteiger partial charge in [-0.25, -0.2) is 0 Å². The molecule has 1 spiro atoms. The van der Waals surface area contributed by atoms with Gasteiger partial charge in [0, 0.05) is 23.2 Å². The van der Waals surface area contributed by atoms with Crippen LogP contribution in [-0.4, -0.2) is 40.9 Å². The van der Waals surface area contributed by atoms with Gasteiger partial charge in [-0.15, -0.1) is 0 Å². The molecule has 2 N–H and O–H groups in total. The molecular weight excluding hydrogens is 304 g/mol. The first-order chi connectivity index (χ1) is 11.2. The third kappa shape index (κ3) is 1.15. The van der Waals surface area contributed by atoms with Gasteiger partial charge in [0.05, 0.1) is 24.2 Å². The third-order valence-electron chi connectivity index (χ3n) is 9.31. The average Bonchev–Trinajstić information content (AvgIpc) is 2.51. The predicted molar refractivity (Wildman–Crippen MR) is 88.1 cm³/mol. The first kappa shape index (κ1) is 15.5. The number of hydrogen-bond acceptors (Lipinski definition) is 4. The number of carbonyl (C=O) groups excluding carboxylic acids is 1. The number of Topliss-reactive ketones (excluding diaryl/α,β-unsaturated/α-hetero) is 1. The molecule has 4 fully saturated rings. The van der Waals surface area contributed by atoms with Gasteiger partial charge >= 0.3 is 0 Å². The van der Waals surface area contributed by atoms with Gasteiger partial charge in [0.2, 0.25) is 0 Å². The molecule has 4 heteroatoms. The highest BCUT2D eigenvalue weighted by molar-refractivity contribution is 5.96. The highest BCUT2D eigenvalue weighted by Crippen LogP contribution is 2.84. The van der Waals surface area contributed by atoms with Crippen LogP contribution in [0.15, 0.2) is 11.1 Å². The molecule has 1 aliphatic heterocycles. The zero-order valence-electron chi connectivity index (χ0n) is 15.0. The fourth-order valence-corrected chi connectivity index (χ4v) is 8.55. The molecule has 0 aromatic heterocycles. The van der Waals surface area contributed by atoms with E-state index >= 15 is 0 Å². The van der Waals surface area contributed by atoms with E-state index < -0.39 is 17.6 Å². The maximum absolute atomic E-state index is 13.4. The summed E-state index contributed by atoms with van der Waals surface area (Å²) in [4.78, 5) is 13.4. The van der Waals surface area contributed by atoms with Crippen LogP contribution in [-0.2, 0) is 9.53 Å². The number of rotatable bonds is 0. The summed E-state index contributed by atoms with van der Waals surface area (Å²) in [6, 6.07) is 0. The summed E-state index contributed by atoms with van der Waals surface area (Å²) in [5.74, 6) is 1.03. The largest absolute Gasteiger partial charge is 0.392 e. The molecule has 24 heavy (non-hydrogen) atoms. The van der Waals surface area contributed by atoms with Crippen molar-refractivity contribution >= 4 is 5.78 Å². The number of fused-ring (bicyclic) bond motifs is 1. The van der Waals surface area contributed by atoms with Crippen molar-refractivity contribution in [3.8, 4) is 0 Å². The molecule has 4 nitrogen and oxygen atoms in total. The van der Waals surface area contributed by atoms with Crippen molar-refractivity contribution in [1.82, 2.24) is 0 Å². The number of aliphatic hydroxyl groups is 2. The predicted octanol–water partition coefficient (Wildman–Crippen LogP) is 2.08. The van der Waals surface area contributed by atoms with Crippen molar-refractivity contribution in [3.63, 3.8) is 0 Å². The average molecular weight is 332 g/mol. The molecule has 5 aliphatic rings. The topological polar surface area (TPSA) is 66.8 Å². The molecule has 5 rings (SSSR count). The van der Waals surface area contributed by atoms with Crippen molar-refractivity contribution in [2.75, 3.05) is 6.61 Å². The first-order valence-corrected chi connectivity index (χ1v) is 9.46. The number of ketones is 1. The van der Waals surface area contributed by atoms with E-state index in [9.17, 15) is 15.0 Å². The van der Waals surface area contributed by atoms with Crippen molar-refractivity contribution in [2.45, 2.75) is 65.3 Å². The fourth-order valence-electron chi connectivity index (χ4n) is 8.55. The van der Waals surface area contributed by atoms with Crippen molar-refractivity contribution in [3.05, 3.63) is 11.1 Å². The van der Waals surface area contributed by atoms with Gasteiger partial charge in [-0.3, -0.25) is 4.79 Å². The first-order valence-electron chi connectivity index (χ1n) is 9.46. The Morgan fingerprint density at radius 3 is 2.50 bits per heavy atom. The normalized spacial score (nSPS) is 61.3. The van der Waals surface area contributed by atoms with Gasteiger partial charge in [0.15, 0.2) is 5.78 Å². The van der Waals surface area contributed by atoms with Crippen LogP contribution in [0.3, 0.4) is 0 Å². The Balaban J connectivity index is 1.84. The molecule has 3 saturated carbocycles. The Labute approximate surface area is 143 Å². The maximum atomic E-state index is 13.4. The second kappa shape index (κ2) is 4.16. The number of aliphatic hydroxyl groups excluding tert-OH is 2. The van der Waals surface area contributed by atoms with E-state index in [0.717, 1.165) is 18.4 Å². The van der Waals surface area contributed by atoms with E-state index in [1.165, 1.54) is 5.57 Å². The Kier molecular flexibility index (Phi) is 2.69. The zero-order chi connectivity index (χ0) is 17.2. The highest BCUT2D eigenvalue weighted by atomic mass is 16.5. The molecule has 0 aromatic carbocycles. The maximum Gasteiger partial charge on any atom is 0.174 e.